The van der Waals surface area contributed by atoms with Gasteiger partial charge in [0, 0.05) is 73.3 Å². The third-order valence-electron chi connectivity index (χ3n) is 17.0. The fraction of sp³-hybridized carbons (Fsp3) is 0.763. The van der Waals surface area contributed by atoms with Gasteiger partial charge in [0.05, 0.1) is 320 Å². The Balaban J connectivity index is 0.735. The van der Waals surface area contributed by atoms with Crippen molar-refractivity contribution in [2.24, 2.45) is 11.8 Å². The first-order valence-corrected chi connectivity index (χ1v) is 42.8. The van der Waals surface area contributed by atoms with Crippen LogP contribution in [-0.4, -0.2) is 371 Å². The first-order chi connectivity index (χ1) is 58.5. The molecule has 40 nitrogen and oxygen atoms in total. The van der Waals surface area contributed by atoms with Gasteiger partial charge in [-0.05, 0) is 48.1 Å². The van der Waals surface area contributed by atoms with Crippen molar-refractivity contribution in [2.45, 2.75) is 44.9 Å². The van der Waals surface area contributed by atoms with Crippen LogP contribution >= 0.6 is 24.1 Å². The molecule has 5 aliphatic rings. The number of carbonyl (C=O) groups excluding carboxylic acids is 4. The van der Waals surface area contributed by atoms with Gasteiger partial charge in [0.2, 0.25) is 0 Å². The number of carbonyl (C=O) groups is 4. The van der Waals surface area contributed by atoms with Gasteiger partial charge in [-0.15, -0.1) is 5.06 Å². The molecule has 0 bridgehead atoms. The number of hydrogen-bond acceptors (Lipinski definition) is 40. The molecule has 1 fully saturated rings. The Morgan fingerprint density at radius 2 is 0.697 bits per heavy atom. The van der Waals surface area contributed by atoms with E-state index >= 15 is 0 Å². The molecule has 2 unspecified atom stereocenters. The third kappa shape index (κ3) is 49.7. The van der Waals surface area contributed by atoms with Crippen LogP contribution in [0.5, 0.6) is 0 Å². The predicted octanol–water partition coefficient (Wildman–Crippen LogP) is 1.66. The molecule has 119 heavy (non-hydrogen) atoms. The van der Waals surface area contributed by atoms with Gasteiger partial charge < -0.3 is 138 Å². The van der Waals surface area contributed by atoms with Crippen LogP contribution in [0.25, 0.3) is 0 Å². The first-order valence-electron chi connectivity index (χ1n) is 39.9. The van der Waals surface area contributed by atoms with Crippen molar-refractivity contribution in [3.63, 3.8) is 0 Å². The van der Waals surface area contributed by atoms with Crippen LogP contribution in [-0.2, 0) is 167 Å². The van der Waals surface area contributed by atoms with Crippen molar-refractivity contribution in [3.8, 4) is 0 Å². The maximum atomic E-state index is 14.1. The largest absolute Gasteiger partial charge is 0.744 e. The summed E-state index contributed by atoms with van der Waals surface area (Å²) in [5, 5.41) is 29.5. The zero-order chi connectivity index (χ0) is 84.8. The Labute approximate surface area is 704 Å². The molecule has 684 valence electrons. The van der Waals surface area contributed by atoms with Crippen molar-refractivity contribution in [1.29, 1.82) is 0 Å². The summed E-state index contributed by atoms with van der Waals surface area (Å²) in [6, 6.07) is 0. The lowest BCUT2D eigenvalue weighted by Crippen LogP contribution is -2.37. The summed E-state index contributed by atoms with van der Waals surface area (Å²) < 4.78 is 180. The SMILES string of the molecule is COCCOCCOCCOCCOCCOCCOCCOCCOCCOCCOCCOCCOCCOCCOCCOCCOCCOCCOCCOCCOCCOCCOCCCN(CCCCCC(=O)ON1C(=O)CCC1=O)C(=O)COC1=C2C=CC3=C(S(=O)(=O)[O-])C=C(SOO[O-])C4=CC=C(C(SOO[O-])=C1)C2C43. The smallest absolute Gasteiger partial charge is 0.333 e. The molecule has 0 aromatic carbocycles. The number of rotatable bonds is 87. The second kappa shape index (κ2) is 71.8. The monoisotopic (exact) mass is 1770 g/mol. The molecule has 0 saturated carbocycles. The lowest BCUT2D eigenvalue weighted by Gasteiger charge is -2.43. The molecule has 43 heteroatoms. The van der Waals surface area contributed by atoms with Crippen molar-refractivity contribution in [1.82, 2.24) is 9.96 Å². The van der Waals surface area contributed by atoms with Gasteiger partial charge in [-0.3, -0.25) is 24.5 Å². The van der Waals surface area contributed by atoms with Crippen molar-refractivity contribution >= 4 is 57.9 Å². The standard InChI is InChI=1S/C76H124N2O38S3/c1-88-16-17-90-20-21-92-24-25-94-28-29-96-32-33-98-36-37-100-40-41-102-44-45-104-48-49-106-52-53-108-56-57-110-59-58-109-55-54-107-51-50-105-47-46-103-43-42-101-39-38-99-35-34-97-31-30-95-27-26-93-23-22-91-19-18-89-15-5-14-77(13-4-2-3-6-74(82)112-78-71(79)11-12-72(78)80)73(81)62-111-67-60-68(117-115-113-83)64-8-9-65-69(118-116-114-84)61-70(119(85,86)87)66-10-7-63(67)75(64)76(65)66/h7-10,60-61,75-76,83-84H,2-6,11-59,62H2,1H3,(H,85,86,87)/p-3. The number of nitrogens with zero attached hydrogens (tertiary/aromatic N) is 2. The number of unbranched alkanes of at least 4 members (excludes halogenated alkanes) is 2. The number of hydroxylamine groups is 2. The van der Waals surface area contributed by atoms with E-state index in [9.17, 15) is 42.7 Å². The van der Waals surface area contributed by atoms with E-state index in [1.165, 1.54) is 12.2 Å². The summed E-state index contributed by atoms with van der Waals surface area (Å²) in [4.78, 5) is 56.8. The summed E-state index contributed by atoms with van der Waals surface area (Å²) >= 11 is 0.968. The van der Waals surface area contributed by atoms with E-state index in [-0.39, 0.29) is 61.8 Å². The molecule has 0 radical (unpaired) electrons. The number of ether oxygens (including phenoxy) is 24. The van der Waals surface area contributed by atoms with E-state index in [0.717, 1.165) is 6.08 Å². The van der Waals surface area contributed by atoms with E-state index in [2.05, 4.69) is 14.4 Å². The predicted molar refractivity (Wildman–Crippen MR) is 414 cm³/mol. The quantitative estimate of drug-likeness (QED) is 0.0209. The van der Waals surface area contributed by atoms with Crippen LogP contribution < -0.4 is 10.5 Å². The Morgan fingerprint density at radius 1 is 0.403 bits per heavy atom. The highest BCUT2D eigenvalue weighted by Crippen LogP contribution is 2.57. The van der Waals surface area contributed by atoms with E-state index in [0.29, 0.717) is 361 Å². The van der Waals surface area contributed by atoms with Gasteiger partial charge in [-0.25, -0.2) is 13.2 Å². The van der Waals surface area contributed by atoms with Crippen molar-refractivity contribution < 1.29 is 180 Å². The third-order valence-corrected chi connectivity index (χ3v) is 19.2. The Morgan fingerprint density at radius 3 is 1.02 bits per heavy atom. The molecule has 0 spiro atoms. The lowest BCUT2D eigenvalue weighted by molar-refractivity contribution is -0.777. The highest BCUT2D eigenvalue weighted by molar-refractivity contribution is 7.99. The Hall–Kier alpha value is -4.49. The number of allylic oxidation sites excluding steroid dienone is 10. The van der Waals surface area contributed by atoms with Crippen molar-refractivity contribution in [2.75, 3.05) is 324 Å². The molecular formula is C76H121N2O38S3-3. The molecule has 2 atom stereocenters. The van der Waals surface area contributed by atoms with Gasteiger partial charge >= 0.3 is 5.97 Å². The Kier molecular flexibility index (Phi) is 63.3. The highest BCUT2D eigenvalue weighted by atomic mass is 32.2. The summed E-state index contributed by atoms with van der Waals surface area (Å²) in [6.07, 6.45) is 10.5. The summed E-state index contributed by atoms with van der Waals surface area (Å²) in [5.41, 5.74) is 1.66. The maximum absolute atomic E-state index is 14.1. The van der Waals surface area contributed by atoms with Gasteiger partial charge in [0.15, 0.2) is 6.61 Å². The van der Waals surface area contributed by atoms with Crippen LogP contribution in [0, 0.1) is 11.8 Å². The van der Waals surface area contributed by atoms with Gasteiger partial charge in [-0.1, -0.05) is 30.7 Å². The summed E-state index contributed by atoms with van der Waals surface area (Å²) in [6.45, 7) is 20.1. The molecule has 0 aromatic heterocycles. The molecule has 1 saturated heterocycles. The van der Waals surface area contributed by atoms with E-state index < -0.39 is 57.2 Å². The van der Waals surface area contributed by atoms with Crippen LogP contribution in [0.1, 0.15) is 44.9 Å². The zero-order valence-electron chi connectivity index (χ0n) is 68.1. The number of amides is 3. The molecule has 3 amide bonds. The average Bonchev–Trinajstić information content (AvgIpc) is 0.995. The van der Waals surface area contributed by atoms with Crippen LogP contribution in [0.3, 0.4) is 0 Å². The lowest BCUT2D eigenvalue weighted by atomic mass is 9.64. The maximum Gasteiger partial charge on any atom is 0.333 e. The number of imide groups is 1. The fourth-order valence-corrected chi connectivity index (χ4v) is 13.2. The average molecular weight is 1770 g/mol. The fourth-order valence-electron chi connectivity index (χ4n) is 11.3. The summed E-state index contributed by atoms with van der Waals surface area (Å²) in [5.74, 6) is -3.74. The van der Waals surface area contributed by atoms with Crippen LogP contribution in [0.4, 0.5) is 0 Å². The second-order valence-electron chi connectivity index (χ2n) is 25.4. The molecule has 0 aromatic rings. The van der Waals surface area contributed by atoms with Gasteiger partial charge in [0.25, 0.3) is 17.7 Å². The summed E-state index contributed by atoms with van der Waals surface area (Å²) in [7, 11) is -3.43. The van der Waals surface area contributed by atoms with Gasteiger partial charge in [-0.2, -0.15) is 8.67 Å². The normalized spacial score (nSPS) is 15.8. The minimum Gasteiger partial charge on any atom is -0.744 e. The van der Waals surface area contributed by atoms with E-state index in [1.54, 1.807) is 30.2 Å². The minimum absolute atomic E-state index is 0.0314. The topological polar surface area (TPSA) is 446 Å². The number of hydrogen-bond donors (Lipinski definition) is 0. The molecule has 1 heterocycles. The molecule has 0 N–H and O–H groups in total. The highest BCUT2D eigenvalue weighted by Gasteiger charge is 2.46. The van der Waals surface area contributed by atoms with Crippen molar-refractivity contribution in [3.05, 3.63) is 79.2 Å². The van der Waals surface area contributed by atoms with E-state index in [4.69, 9.17) is 123 Å². The molecule has 5 rings (SSSR count). The number of methoxy groups -OCH3 is 1. The first kappa shape index (κ1) is 105. The Bertz CT molecular complexity index is 3020. The van der Waals surface area contributed by atoms with Crippen LogP contribution in [0.2, 0.25) is 0 Å². The van der Waals surface area contributed by atoms with Gasteiger partial charge in [0.1, 0.15) is 15.9 Å². The molecule has 4 aliphatic carbocycles. The second-order valence-corrected chi connectivity index (χ2v) is 28.3. The van der Waals surface area contributed by atoms with E-state index in [1.807, 2.05) is 0 Å². The molecule has 1 aliphatic heterocycles. The molecular weight excluding hydrogens is 1650 g/mol. The van der Waals surface area contributed by atoms with Crippen LogP contribution in [0.15, 0.2) is 79.2 Å². The minimum atomic E-state index is -5.07. The zero-order valence-corrected chi connectivity index (χ0v) is 70.6.